The minimum absolute atomic E-state index is 0.261. The molecule has 0 bridgehead atoms. The summed E-state index contributed by atoms with van der Waals surface area (Å²) in [7, 11) is 3.45. The van der Waals surface area contributed by atoms with E-state index in [0.717, 1.165) is 16.9 Å². The van der Waals surface area contributed by atoms with Crippen molar-refractivity contribution in [1.29, 1.82) is 5.26 Å². The molecule has 1 N–H and O–H groups in total. The molecule has 0 aliphatic rings. The van der Waals surface area contributed by atoms with Gasteiger partial charge in [0.25, 0.3) is 0 Å². The van der Waals surface area contributed by atoms with Gasteiger partial charge >= 0.3 is 0 Å². The summed E-state index contributed by atoms with van der Waals surface area (Å²) in [6, 6.07) is 7.84. The average Bonchev–Trinajstić information content (AvgIpc) is 2.30. The van der Waals surface area contributed by atoms with Crippen LogP contribution in [-0.2, 0) is 0 Å². The van der Waals surface area contributed by atoms with Crippen molar-refractivity contribution < 1.29 is 4.74 Å². The van der Waals surface area contributed by atoms with Gasteiger partial charge in [-0.1, -0.05) is 19.9 Å². The van der Waals surface area contributed by atoms with E-state index in [4.69, 9.17) is 10.00 Å². The van der Waals surface area contributed by atoms with Crippen LogP contribution in [0.3, 0.4) is 0 Å². The van der Waals surface area contributed by atoms with Crippen LogP contribution in [0.5, 0.6) is 5.75 Å². The first-order chi connectivity index (χ1) is 7.63. The van der Waals surface area contributed by atoms with Crippen molar-refractivity contribution in [3.8, 4) is 11.8 Å². The maximum atomic E-state index is 8.99. The molecule has 1 unspecified atom stereocenters. The first-order valence-corrected chi connectivity index (χ1v) is 5.38. The standard InChI is InChI=1S/C13H18N2O/c1-9(2)11-7-10(12(8-14)15-3)5-6-13(11)16-4/h5-7,9,12,15H,1-4H3. The summed E-state index contributed by atoms with van der Waals surface area (Å²) in [4.78, 5) is 0. The molecule has 0 saturated carbocycles. The van der Waals surface area contributed by atoms with Crippen LogP contribution < -0.4 is 10.1 Å². The molecule has 1 atom stereocenters. The molecule has 0 aromatic heterocycles. The van der Waals surface area contributed by atoms with Gasteiger partial charge in [0, 0.05) is 0 Å². The van der Waals surface area contributed by atoms with E-state index >= 15 is 0 Å². The van der Waals surface area contributed by atoms with Crippen molar-refractivity contribution in [2.24, 2.45) is 0 Å². The van der Waals surface area contributed by atoms with E-state index in [9.17, 15) is 0 Å². The van der Waals surface area contributed by atoms with Gasteiger partial charge < -0.3 is 10.1 Å². The highest BCUT2D eigenvalue weighted by molar-refractivity contribution is 5.41. The summed E-state index contributed by atoms with van der Waals surface area (Å²) >= 11 is 0. The molecular weight excluding hydrogens is 200 g/mol. The molecule has 3 heteroatoms. The quantitative estimate of drug-likeness (QED) is 0.844. The normalized spacial score (nSPS) is 12.2. The van der Waals surface area contributed by atoms with Crippen molar-refractivity contribution in [2.45, 2.75) is 25.8 Å². The highest BCUT2D eigenvalue weighted by Crippen LogP contribution is 2.29. The number of nitrogens with zero attached hydrogens (tertiary/aromatic N) is 1. The molecule has 86 valence electrons. The van der Waals surface area contributed by atoms with Gasteiger partial charge in [0.1, 0.15) is 11.8 Å². The van der Waals surface area contributed by atoms with E-state index in [1.54, 1.807) is 14.2 Å². The Balaban J connectivity index is 3.17. The number of nitriles is 1. The molecule has 0 amide bonds. The second-order valence-electron chi connectivity index (χ2n) is 4.01. The second-order valence-corrected chi connectivity index (χ2v) is 4.01. The van der Waals surface area contributed by atoms with Crippen LogP contribution >= 0.6 is 0 Å². The molecule has 1 aromatic carbocycles. The van der Waals surface area contributed by atoms with Crippen molar-refractivity contribution in [3.63, 3.8) is 0 Å². The zero-order valence-electron chi connectivity index (χ0n) is 10.2. The number of rotatable bonds is 4. The maximum Gasteiger partial charge on any atom is 0.122 e. The Morgan fingerprint density at radius 1 is 1.38 bits per heavy atom. The summed E-state index contributed by atoms with van der Waals surface area (Å²) in [5.41, 5.74) is 2.12. The number of nitrogens with one attached hydrogen (secondary N) is 1. The fourth-order valence-electron chi connectivity index (χ4n) is 1.69. The molecule has 3 nitrogen and oxygen atoms in total. The van der Waals surface area contributed by atoms with Crippen LogP contribution in [0.2, 0.25) is 0 Å². The lowest BCUT2D eigenvalue weighted by atomic mass is 9.97. The highest BCUT2D eigenvalue weighted by atomic mass is 16.5. The van der Waals surface area contributed by atoms with Crippen molar-refractivity contribution in [3.05, 3.63) is 29.3 Å². The predicted molar refractivity (Wildman–Crippen MR) is 64.5 cm³/mol. The van der Waals surface area contributed by atoms with Crippen LogP contribution in [0.4, 0.5) is 0 Å². The van der Waals surface area contributed by atoms with Crippen molar-refractivity contribution in [1.82, 2.24) is 5.32 Å². The maximum absolute atomic E-state index is 8.99. The van der Waals surface area contributed by atoms with E-state index in [1.165, 1.54) is 0 Å². The fourth-order valence-corrected chi connectivity index (χ4v) is 1.69. The highest BCUT2D eigenvalue weighted by Gasteiger charge is 2.13. The Hall–Kier alpha value is -1.53. The lowest BCUT2D eigenvalue weighted by Crippen LogP contribution is -2.14. The summed E-state index contributed by atoms with van der Waals surface area (Å²) in [6.07, 6.45) is 0. The topological polar surface area (TPSA) is 45.0 Å². The molecule has 16 heavy (non-hydrogen) atoms. The van der Waals surface area contributed by atoms with Crippen molar-refractivity contribution >= 4 is 0 Å². The molecule has 0 aliphatic carbocycles. The number of hydrogen-bond donors (Lipinski definition) is 1. The number of hydrogen-bond acceptors (Lipinski definition) is 3. The van der Waals surface area contributed by atoms with Gasteiger partial charge in [0.15, 0.2) is 0 Å². The van der Waals surface area contributed by atoms with Crippen LogP contribution in [0, 0.1) is 11.3 Å². The van der Waals surface area contributed by atoms with Crippen molar-refractivity contribution in [2.75, 3.05) is 14.2 Å². The van der Waals surface area contributed by atoms with Gasteiger partial charge in [-0.05, 0) is 36.2 Å². The van der Waals surface area contributed by atoms with Crippen LogP contribution in [0.1, 0.15) is 36.9 Å². The summed E-state index contributed by atoms with van der Waals surface area (Å²) in [5, 5.41) is 12.0. The number of ether oxygens (including phenoxy) is 1. The van der Waals surface area contributed by atoms with E-state index in [-0.39, 0.29) is 6.04 Å². The van der Waals surface area contributed by atoms with E-state index in [2.05, 4.69) is 25.2 Å². The average molecular weight is 218 g/mol. The van der Waals surface area contributed by atoms with Gasteiger partial charge in [-0.15, -0.1) is 0 Å². The van der Waals surface area contributed by atoms with E-state index in [0.29, 0.717) is 5.92 Å². The summed E-state index contributed by atoms with van der Waals surface area (Å²) in [5.74, 6) is 1.26. The zero-order chi connectivity index (χ0) is 12.1. The minimum atomic E-state index is -0.261. The number of methoxy groups -OCH3 is 1. The second kappa shape index (κ2) is 5.53. The summed E-state index contributed by atoms with van der Waals surface area (Å²) in [6.45, 7) is 4.23. The van der Waals surface area contributed by atoms with Gasteiger partial charge in [0.2, 0.25) is 0 Å². The fraction of sp³-hybridized carbons (Fsp3) is 0.462. The molecule has 0 aliphatic heterocycles. The van der Waals surface area contributed by atoms with E-state index in [1.807, 2.05) is 18.2 Å². The van der Waals surface area contributed by atoms with Gasteiger partial charge in [0.05, 0.1) is 13.2 Å². The summed E-state index contributed by atoms with van der Waals surface area (Å²) < 4.78 is 5.31. The first-order valence-electron chi connectivity index (χ1n) is 5.38. The minimum Gasteiger partial charge on any atom is -0.496 e. The molecule has 1 aromatic rings. The Bertz CT molecular complexity index is 393. The smallest absolute Gasteiger partial charge is 0.122 e. The Morgan fingerprint density at radius 2 is 2.06 bits per heavy atom. The monoisotopic (exact) mass is 218 g/mol. The van der Waals surface area contributed by atoms with Gasteiger partial charge in [-0.25, -0.2) is 0 Å². The SMILES string of the molecule is CNC(C#N)c1ccc(OC)c(C(C)C)c1. The van der Waals surface area contributed by atoms with Crippen LogP contribution in [0.25, 0.3) is 0 Å². The predicted octanol–water partition coefficient (Wildman–Crippen LogP) is 2.60. The lowest BCUT2D eigenvalue weighted by Gasteiger charge is -2.15. The molecule has 0 saturated heterocycles. The molecule has 0 spiro atoms. The van der Waals surface area contributed by atoms with Crippen LogP contribution in [-0.4, -0.2) is 14.2 Å². The Morgan fingerprint density at radius 3 is 2.50 bits per heavy atom. The lowest BCUT2D eigenvalue weighted by molar-refractivity contribution is 0.407. The first kappa shape index (κ1) is 12.5. The molecule has 0 radical (unpaired) electrons. The Labute approximate surface area is 97.0 Å². The van der Waals surface area contributed by atoms with Gasteiger partial charge in [-0.3, -0.25) is 0 Å². The van der Waals surface area contributed by atoms with E-state index < -0.39 is 0 Å². The van der Waals surface area contributed by atoms with Gasteiger partial charge in [-0.2, -0.15) is 5.26 Å². The third-order valence-electron chi connectivity index (χ3n) is 2.63. The molecular formula is C13H18N2O. The molecule has 1 rings (SSSR count). The van der Waals surface area contributed by atoms with Crippen LogP contribution in [0.15, 0.2) is 18.2 Å². The zero-order valence-corrected chi connectivity index (χ0v) is 10.2. The third kappa shape index (κ3) is 2.53. The number of benzene rings is 1. The molecule has 0 fully saturated rings. The molecule has 0 heterocycles. The largest absolute Gasteiger partial charge is 0.496 e. The third-order valence-corrected chi connectivity index (χ3v) is 2.63. The Kier molecular flexibility index (Phi) is 4.33.